The molecule has 132 valence electrons. The summed E-state index contributed by atoms with van der Waals surface area (Å²) < 4.78 is 7.52. The van der Waals surface area contributed by atoms with Crippen molar-refractivity contribution in [1.29, 1.82) is 0 Å². The molecule has 25 heavy (non-hydrogen) atoms. The van der Waals surface area contributed by atoms with Crippen LogP contribution in [0.2, 0.25) is 0 Å². The van der Waals surface area contributed by atoms with E-state index in [1.165, 1.54) is 0 Å². The second-order valence-corrected chi connectivity index (χ2v) is 5.74. The normalized spacial score (nSPS) is 11.6. The maximum atomic E-state index is 11.9. The van der Waals surface area contributed by atoms with Gasteiger partial charge in [0.2, 0.25) is 0 Å². The van der Waals surface area contributed by atoms with Crippen molar-refractivity contribution in [3.8, 4) is 5.75 Å². The van der Waals surface area contributed by atoms with Crippen molar-refractivity contribution < 1.29 is 14.6 Å². The number of aromatic nitrogens is 1. The molecule has 1 atom stereocenters. The zero-order valence-corrected chi connectivity index (χ0v) is 15.0. The predicted octanol–water partition coefficient (Wildman–Crippen LogP) is 3.31. The highest BCUT2D eigenvalue weighted by molar-refractivity contribution is 7.71. The number of aliphatic carboxylic acids is 1. The van der Waals surface area contributed by atoms with E-state index in [0.29, 0.717) is 22.6 Å². The summed E-state index contributed by atoms with van der Waals surface area (Å²) in [6.07, 6.45) is 3.30. The summed E-state index contributed by atoms with van der Waals surface area (Å²) >= 11 is 5.48. The number of anilines is 1. The lowest BCUT2D eigenvalue weighted by molar-refractivity contribution is -0.139. The van der Waals surface area contributed by atoms with Crippen molar-refractivity contribution in [3.63, 3.8) is 0 Å². The fourth-order valence-corrected chi connectivity index (χ4v) is 2.76. The van der Waals surface area contributed by atoms with Crippen LogP contribution in [-0.2, 0) is 4.79 Å². The first kappa shape index (κ1) is 18.7. The summed E-state index contributed by atoms with van der Waals surface area (Å²) in [6.45, 7) is 5.81. The monoisotopic (exact) mass is 359 g/mol. The number of nitrogens with one attached hydrogen (secondary N) is 2. The van der Waals surface area contributed by atoms with E-state index in [1.807, 2.05) is 6.92 Å². The molecule has 2 aromatic rings. The molecule has 0 spiro atoms. The van der Waals surface area contributed by atoms with Crippen LogP contribution in [0.25, 0.3) is 0 Å². The van der Waals surface area contributed by atoms with Crippen LogP contribution in [0.4, 0.5) is 5.69 Å². The Morgan fingerprint density at radius 1 is 1.48 bits per heavy atom. The van der Waals surface area contributed by atoms with Gasteiger partial charge in [0.05, 0.1) is 5.69 Å². The van der Waals surface area contributed by atoms with Gasteiger partial charge in [-0.1, -0.05) is 37.0 Å². The van der Waals surface area contributed by atoms with E-state index in [2.05, 4.69) is 17.4 Å². The summed E-state index contributed by atoms with van der Waals surface area (Å²) in [4.78, 5) is 11.9. The molecule has 0 bridgehead atoms. The average molecular weight is 359 g/mol. The van der Waals surface area contributed by atoms with Crippen LogP contribution in [0, 0.1) is 11.6 Å². The van der Waals surface area contributed by atoms with Crippen molar-refractivity contribution >= 4 is 23.9 Å². The highest BCUT2D eigenvalue weighted by Gasteiger charge is 2.23. The number of hydrazine groups is 1. The smallest absolute Gasteiger partial charge is 0.331 e. The number of carboxylic acid groups (broad SMARTS) is 1. The lowest BCUT2D eigenvalue weighted by Gasteiger charge is -2.20. The minimum absolute atomic E-state index is 0.351. The number of hydrogen-bond donors (Lipinski definition) is 3. The first-order chi connectivity index (χ1) is 12.0. The van der Waals surface area contributed by atoms with Crippen LogP contribution in [0.1, 0.15) is 17.2 Å². The number of carbonyl (C=O) groups is 1. The molecule has 0 radical (unpaired) electrons. The van der Waals surface area contributed by atoms with Gasteiger partial charge in [-0.15, -0.1) is 0 Å². The molecule has 0 aliphatic rings. The predicted molar refractivity (Wildman–Crippen MR) is 101 cm³/mol. The first-order valence-electron chi connectivity index (χ1n) is 7.70. The van der Waals surface area contributed by atoms with Gasteiger partial charge in [-0.05, 0) is 30.7 Å². The minimum Gasteiger partial charge on any atom is -0.490 e. The maximum Gasteiger partial charge on any atom is 0.331 e. The van der Waals surface area contributed by atoms with Gasteiger partial charge in [-0.25, -0.2) is 10.2 Å². The summed E-state index contributed by atoms with van der Waals surface area (Å²) in [7, 11) is 1.75. The molecular weight excluding hydrogens is 338 g/mol. The molecule has 0 aliphatic carbocycles. The average Bonchev–Trinajstić information content (AvgIpc) is 2.59. The number of ether oxygens (including phenoxy) is 1. The summed E-state index contributed by atoms with van der Waals surface area (Å²) in [5.74, 6) is -0.411. The Balaban J connectivity index is 2.49. The molecule has 1 unspecified atom stereocenters. The quantitative estimate of drug-likeness (QED) is 0.381. The van der Waals surface area contributed by atoms with E-state index in [-0.39, 0.29) is 0 Å². The first-order valence-corrected chi connectivity index (χ1v) is 8.11. The summed E-state index contributed by atoms with van der Waals surface area (Å²) in [6, 6.07) is 7.83. The van der Waals surface area contributed by atoms with Gasteiger partial charge >= 0.3 is 5.97 Å². The standard InChI is InChI=1S/C18H21N3O3S/c1-4-10-24-14-7-5-6-13(11-14)16(18(22)23)21-9-8-15(20-19-3)12(2)17(21)25/h4-9,11,16,19-20H,1,10H2,2-3H3,(H,22,23). The lowest BCUT2D eigenvalue weighted by atomic mass is 10.1. The van der Waals surface area contributed by atoms with Crippen molar-refractivity contribution in [3.05, 3.63) is 65.0 Å². The zero-order valence-electron chi connectivity index (χ0n) is 14.2. The minimum atomic E-state index is -0.995. The molecular formula is C18H21N3O3S. The van der Waals surface area contributed by atoms with Crippen LogP contribution in [-0.4, -0.2) is 29.3 Å². The molecule has 3 N–H and O–H groups in total. The van der Waals surface area contributed by atoms with Gasteiger partial charge in [-0.3, -0.25) is 0 Å². The lowest BCUT2D eigenvalue weighted by Crippen LogP contribution is -2.23. The molecule has 6 nitrogen and oxygen atoms in total. The van der Waals surface area contributed by atoms with Crippen molar-refractivity contribution in [2.75, 3.05) is 19.1 Å². The van der Waals surface area contributed by atoms with Gasteiger partial charge in [0.1, 0.15) is 17.0 Å². The molecule has 0 fully saturated rings. The van der Waals surface area contributed by atoms with Gasteiger partial charge in [-0.2, -0.15) is 0 Å². The third-order valence-corrected chi connectivity index (χ3v) is 4.19. The molecule has 2 rings (SSSR count). The second-order valence-electron chi connectivity index (χ2n) is 5.35. The van der Waals surface area contributed by atoms with Crippen molar-refractivity contribution in [2.45, 2.75) is 13.0 Å². The molecule has 1 aromatic carbocycles. The van der Waals surface area contributed by atoms with Gasteiger partial charge in [0.25, 0.3) is 0 Å². The van der Waals surface area contributed by atoms with E-state index >= 15 is 0 Å². The summed E-state index contributed by atoms with van der Waals surface area (Å²) in [5, 5.41) is 9.78. The van der Waals surface area contributed by atoms with Crippen molar-refractivity contribution in [1.82, 2.24) is 9.99 Å². The topological polar surface area (TPSA) is 75.5 Å². The van der Waals surface area contributed by atoms with Crippen LogP contribution in [0.3, 0.4) is 0 Å². The Hall–Kier alpha value is -2.64. The van der Waals surface area contributed by atoms with Crippen LogP contribution in [0.15, 0.2) is 49.2 Å². The van der Waals surface area contributed by atoms with E-state index in [1.54, 1.807) is 54.2 Å². The Labute approximate surface area is 151 Å². The Morgan fingerprint density at radius 3 is 2.88 bits per heavy atom. The van der Waals surface area contributed by atoms with Crippen molar-refractivity contribution in [2.24, 2.45) is 0 Å². The largest absolute Gasteiger partial charge is 0.490 e. The Kier molecular flexibility index (Phi) is 6.32. The van der Waals surface area contributed by atoms with Crippen LogP contribution < -0.4 is 15.6 Å². The molecule has 1 aromatic heterocycles. The summed E-state index contributed by atoms with van der Waals surface area (Å²) in [5.41, 5.74) is 7.99. The van der Waals surface area contributed by atoms with Crippen LogP contribution in [0.5, 0.6) is 5.75 Å². The molecule has 0 saturated carbocycles. The molecule has 1 heterocycles. The van der Waals surface area contributed by atoms with E-state index in [0.717, 1.165) is 11.3 Å². The van der Waals surface area contributed by atoms with E-state index in [9.17, 15) is 9.90 Å². The fourth-order valence-electron chi connectivity index (χ4n) is 2.48. The Morgan fingerprint density at radius 2 is 2.24 bits per heavy atom. The highest BCUT2D eigenvalue weighted by atomic mass is 32.1. The number of hydrogen-bond acceptors (Lipinski definition) is 5. The number of pyridine rings is 1. The molecule has 0 saturated heterocycles. The Bertz CT molecular complexity index is 833. The zero-order chi connectivity index (χ0) is 18.4. The second kappa shape index (κ2) is 8.46. The third-order valence-electron chi connectivity index (χ3n) is 3.67. The van der Waals surface area contributed by atoms with E-state index in [4.69, 9.17) is 17.0 Å². The van der Waals surface area contributed by atoms with Crippen LogP contribution >= 0.6 is 12.2 Å². The number of carboxylic acids is 1. The van der Waals surface area contributed by atoms with Gasteiger partial charge in [0.15, 0.2) is 6.04 Å². The highest BCUT2D eigenvalue weighted by Crippen LogP contribution is 2.26. The third kappa shape index (κ3) is 4.26. The maximum absolute atomic E-state index is 11.9. The number of rotatable bonds is 8. The van der Waals surface area contributed by atoms with Gasteiger partial charge < -0.3 is 19.8 Å². The molecule has 7 heteroatoms. The fraction of sp³-hybridized carbons (Fsp3) is 0.222. The number of benzene rings is 1. The molecule has 0 aliphatic heterocycles. The van der Waals surface area contributed by atoms with Gasteiger partial charge in [0, 0.05) is 18.8 Å². The molecule has 0 amide bonds. The number of nitrogens with zero attached hydrogens (tertiary/aromatic N) is 1. The van der Waals surface area contributed by atoms with E-state index < -0.39 is 12.0 Å². The SMILES string of the molecule is C=CCOc1cccc(C(C(=O)O)n2ccc(NNC)c(C)c2=S)c1.